The molecule has 0 atom stereocenters. The van der Waals surface area contributed by atoms with Gasteiger partial charge in [0.05, 0.1) is 0 Å². The average molecular weight is 353 g/mol. The van der Waals surface area contributed by atoms with Crippen molar-refractivity contribution in [2.24, 2.45) is 0 Å². The van der Waals surface area contributed by atoms with Crippen LogP contribution in [0.4, 0.5) is 11.4 Å². The van der Waals surface area contributed by atoms with Crippen LogP contribution in [0.1, 0.15) is 0 Å². The normalized spacial score (nSPS) is 11.9. The molecule has 6 nitrogen and oxygen atoms in total. The van der Waals surface area contributed by atoms with E-state index in [0.717, 1.165) is 0 Å². The number of halogens is 2. The fraction of sp³-hybridized carbons (Fsp3) is 0.0667. The van der Waals surface area contributed by atoms with E-state index in [1.54, 1.807) is 18.2 Å². The summed E-state index contributed by atoms with van der Waals surface area (Å²) in [6.45, 7) is 0.128. The third-order valence-corrected chi connectivity index (χ3v) is 3.39. The van der Waals surface area contributed by atoms with Gasteiger partial charge in [-0.1, -0.05) is 23.2 Å². The Morgan fingerprint density at radius 2 is 1.43 bits per heavy atom. The summed E-state index contributed by atoms with van der Waals surface area (Å²) in [6.07, 6.45) is 0. The van der Waals surface area contributed by atoms with Gasteiger partial charge in [-0.05, 0) is 30.3 Å². The van der Waals surface area contributed by atoms with Gasteiger partial charge in [0.15, 0.2) is 11.5 Å². The Kier molecular flexibility index (Phi) is 4.27. The highest BCUT2D eigenvalue weighted by Crippen LogP contribution is 2.34. The Bertz CT molecular complexity index is 775. The molecular formula is C15H10Cl2N2O4. The summed E-state index contributed by atoms with van der Waals surface area (Å²) >= 11 is 11.7. The molecule has 0 fully saturated rings. The third kappa shape index (κ3) is 3.67. The van der Waals surface area contributed by atoms with Crippen LogP contribution in [-0.4, -0.2) is 18.6 Å². The van der Waals surface area contributed by atoms with Crippen molar-refractivity contribution in [1.29, 1.82) is 0 Å². The van der Waals surface area contributed by atoms with Gasteiger partial charge < -0.3 is 20.1 Å². The number of carbonyl (C=O) groups excluding carboxylic acids is 2. The fourth-order valence-corrected chi connectivity index (χ4v) is 2.50. The zero-order valence-electron chi connectivity index (χ0n) is 11.6. The Balaban J connectivity index is 1.67. The number of carbonyl (C=O) groups is 2. The summed E-state index contributed by atoms with van der Waals surface area (Å²) in [7, 11) is 0. The van der Waals surface area contributed by atoms with E-state index in [2.05, 4.69) is 10.6 Å². The maximum Gasteiger partial charge on any atom is 0.314 e. The lowest BCUT2D eigenvalue weighted by molar-refractivity contribution is -0.132. The van der Waals surface area contributed by atoms with Crippen molar-refractivity contribution in [1.82, 2.24) is 0 Å². The van der Waals surface area contributed by atoms with Gasteiger partial charge in [-0.15, -0.1) is 0 Å². The molecule has 2 amide bonds. The van der Waals surface area contributed by atoms with Crippen LogP contribution in [0, 0.1) is 0 Å². The van der Waals surface area contributed by atoms with Gasteiger partial charge in [-0.25, -0.2) is 0 Å². The average Bonchev–Trinajstić information content (AvgIpc) is 2.93. The number of ether oxygens (including phenoxy) is 2. The summed E-state index contributed by atoms with van der Waals surface area (Å²) < 4.78 is 10.4. The molecule has 2 N–H and O–H groups in total. The fourth-order valence-electron chi connectivity index (χ4n) is 1.98. The van der Waals surface area contributed by atoms with Gasteiger partial charge >= 0.3 is 11.8 Å². The van der Waals surface area contributed by atoms with Crippen molar-refractivity contribution in [3.8, 4) is 11.5 Å². The number of hydrogen-bond acceptors (Lipinski definition) is 4. The number of hydrogen-bond donors (Lipinski definition) is 2. The van der Waals surface area contributed by atoms with Gasteiger partial charge in [0.25, 0.3) is 0 Å². The predicted molar refractivity (Wildman–Crippen MR) is 86.3 cm³/mol. The molecule has 0 bridgehead atoms. The minimum Gasteiger partial charge on any atom is -0.454 e. The molecule has 0 aromatic heterocycles. The molecular weight excluding hydrogens is 343 g/mol. The van der Waals surface area contributed by atoms with E-state index >= 15 is 0 Å². The molecule has 2 aromatic carbocycles. The number of fused-ring (bicyclic) bond motifs is 1. The number of nitrogens with one attached hydrogen (secondary N) is 2. The highest BCUT2D eigenvalue weighted by Gasteiger charge is 2.17. The second-order valence-electron chi connectivity index (χ2n) is 4.63. The van der Waals surface area contributed by atoms with E-state index in [1.165, 1.54) is 18.2 Å². The van der Waals surface area contributed by atoms with Gasteiger partial charge in [0, 0.05) is 27.5 Å². The summed E-state index contributed by atoms with van der Waals surface area (Å²) in [5.74, 6) is -0.591. The van der Waals surface area contributed by atoms with Crippen molar-refractivity contribution >= 4 is 46.4 Å². The first-order valence-corrected chi connectivity index (χ1v) is 7.25. The minimum atomic E-state index is -0.846. The molecule has 1 aliphatic rings. The maximum absolute atomic E-state index is 11.9. The second kappa shape index (κ2) is 6.36. The zero-order chi connectivity index (χ0) is 16.4. The van der Waals surface area contributed by atoms with Gasteiger partial charge in [-0.2, -0.15) is 0 Å². The first-order valence-electron chi connectivity index (χ1n) is 6.49. The number of amides is 2. The summed E-state index contributed by atoms with van der Waals surface area (Å²) in [6, 6.07) is 9.31. The summed E-state index contributed by atoms with van der Waals surface area (Å²) in [5.41, 5.74) is 0.742. The molecule has 0 spiro atoms. The van der Waals surface area contributed by atoms with E-state index in [9.17, 15) is 9.59 Å². The highest BCUT2D eigenvalue weighted by atomic mass is 35.5. The van der Waals surface area contributed by atoms with Crippen LogP contribution in [0.25, 0.3) is 0 Å². The minimum absolute atomic E-state index is 0.128. The first-order chi connectivity index (χ1) is 11.0. The molecule has 0 aliphatic carbocycles. The first kappa shape index (κ1) is 15.5. The topological polar surface area (TPSA) is 76.7 Å². The molecule has 0 saturated carbocycles. The number of anilines is 2. The monoisotopic (exact) mass is 352 g/mol. The molecule has 118 valence electrons. The van der Waals surface area contributed by atoms with Gasteiger partial charge in [0.1, 0.15) is 0 Å². The van der Waals surface area contributed by atoms with Gasteiger partial charge in [0.2, 0.25) is 6.79 Å². The lowest BCUT2D eigenvalue weighted by Crippen LogP contribution is -2.29. The Morgan fingerprint density at radius 1 is 0.826 bits per heavy atom. The van der Waals surface area contributed by atoms with Crippen LogP contribution in [-0.2, 0) is 9.59 Å². The molecule has 23 heavy (non-hydrogen) atoms. The number of benzene rings is 2. The molecule has 1 aliphatic heterocycles. The standard InChI is InChI=1S/C15H10Cl2N2O4/c16-8-3-9(17)5-11(4-8)19-15(21)14(20)18-10-1-2-12-13(6-10)23-7-22-12/h1-6H,7H2,(H,18,20)(H,19,21). The van der Waals surface area contributed by atoms with Crippen LogP contribution in [0.15, 0.2) is 36.4 Å². The Morgan fingerprint density at radius 3 is 2.13 bits per heavy atom. The SMILES string of the molecule is O=C(Nc1cc(Cl)cc(Cl)c1)C(=O)Nc1ccc2c(c1)OCO2. The molecule has 0 radical (unpaired) electrons. The van der Waals surface area contributed by atoms with Crippen molar-refractivity contribution in [2.75, 3.05) is 17.4 Å². The summed E-state index contributed by atoms with van der Waals surface area (Å²) in [5, 5.41) is 5.59. The second-order valence-corrected chi connectivity index (χ2v) is 5.51. The lowest BCUT2D eigenvalue weighted by atomic mass is 10.2. The van der Waals surface area contributed by atoms with E-state index < -0.39 is 11.8 Å². The van der Waals surface area contributed by atoms with E-state index in [1.807, 2.05) is 0 Å². The maximum atomic E-state index is 11.9. The van der Waals surface area contributed by atoms with Crippen molar-refractivity contribution < 1.29 is 19.1 Å². The zero-order valence-corrected chi connectivity index (χ0v) is 13.1. The van der Waals surface area contributed by atoms with Crippen molar-refractivity contribution in [3.63, 3.8) is 0 Å². The van der Waals surface area contributed by atoms with E-state index in [4.69, 9.17) is 32.7 Å². The lowest BCUT2D eigenvalue weighted by Gasteiger charge is -2.08. The molecule has 3 rings (SSSR count). The van der Waals surface area contributed by atoms with Gasteiger partial charge in [-0.3, -0.25) is 9.59 Å². The van der Waals surface area contributed by atoms with Crippen LogP contribution in [0.5, 0.6) is 11.5 Å². The molecule has 0 saturated heterocycles. The van der Waals surface area contributed by atoms with Crippen molar-refractivity contribution in [2.45, 2.75) is 0 Å². The van der Waals surface area contributed by atoms with E-state index in [0.29, 0.717) is 32.9 Å². The Hall–Kier alpha value is -2.44. The molecule has 1 heterocycles. The largest absolute Gasteiger partial charge is 0.454 e. The molecule has 0 unspecified atom stereocenters. The van der Waals surface area contributed by atoms with Crippen LogP contribution in [0.3, 0.4) is 0 Å². The van der Waals surface area contributed by atoms with Crippen LogP contribution >= 0.6 is 23.2 Å². The third-order valence-electron chi connectivity index (χ3n) is 2.96. The van der Waals surface area contributed by atoms with Crippen LogP contribution < -0.4 is 20.1 Å². The smallest absolute Gasteiger partial charge is 0.314 e. The van der Waals surface area contributed by atoms with Crippen molar-refractivity contribution in [3.05, 3.63) is 46.4 Å². The molecule has 2 aromatic rings. The van der Waals surface area contributed by atoms with Crippen LogP contribution in [0.2, 0.25) is 10.0 Å². The highest BCUT2D eigenvalue weighted by molar-refractivity contribution is 6.44. The quantitative estimate of drug-likeness (QED) is 0.813. The predicted octanol–water partition coefficient (Wildman–Crippen LogP) is 3.30. The Labute approximate surface area is 141 Å². The van der Waals surface area contributed by atoms with E-state index in [-0.39, 0.29) is 6.79 Å². The molecule has 8 heteroatoms. The summed E-state index contributed by atoms with van der Waals surface area (Å²) in [4.78, 5) is 23.8. The number of rotatable bonds is 2.